The van der Waals surface area contributed by atoms with Crippen molar-refractivity contribution in [3.8, 4) is 11.5 Å². The van der Waals surface area contributed by atoms with Crippen LogP contribution in [0.2, 0.25) is 0 Å². The Bertz CT molecular complexity index is 933. The number of ether oxygens (including phenoxy) is 2. The van der Waals surface area contributed by atoms with Gasteiger partial charge in [-0.25, -0.2) is 0 Å². The summed E-state index contributed by atoms with van der Waals surface area (Å²) in [4.78, 5) is 25.7. The molecule has 0 unspecified atom stereocenters. The van der Waals surface area contributed by atoms with Crippen LogP contribution in [-0.4, -0.2) is 26.0 Å². The second-order valence-electron chi connectivity index (χ2n) is 6.92. The third kappa shape index (κ3) is 4.98. The van der Waals surface area contributed by atoms with Crippen LogP contribution in [0.3, 0.4) is 0 Å². The third-order valence-corrected chi connectivity index (χ3v) is 6.20. The van der Waals surface area contributed by atoms with Crippen LogP contribution in [0, 0.1) is 0 Å². The van der Waals surface area contributed by atoms with Crippen LogP contribution in [0.5, 0.6) is 11.5 Å². The first-order chi connectivity index (χ1) is 14.0. The van der Waals surface area contributed by atoms with E-state index in [4.69, 9.17) is 15.2 Å². The molecule has 0 fully saturated rings. The Hall–Kier alpha value is -2.80. The van der Waals surface area contributed by atoms with E-state index in [0.717, 1.165) is 48.1 Å². The molecule has 0 aliphatic heterocycles. The van der Waals surface area contributed by atoms with Gasteiger partial charge in [-0.1, -0.05) is 18.9 Å². The lowest BCUT2D eigenvalue weighted by atomic mass is 9.96. The molecule has 3 rings (SSSR count). The summed E-state index contributed by atoms with van der Waals surface area (Å²) in [5.41, 5.74) is 7.93. The van der Waals surface area contributed by atoms with Crippen LogP contribution in [0.1, 0.15) is 52.0 Å². The predicted octanol–water partition coefficient (Wildman–Crippen LogP) is 4.18. The molecule has 1 heterocycles. The second kappa shape index (κ2) is 9.60. The highest BCUT2D eigenvalue weighted by molar-refractivity contribution is 7.17. The van der Waals surface area contributed by atoms with Crippen LogP contribution in [0.4, 0.5) is 5.00 Å². The summed E-state index contributed by atoms with van der Waals surface area (Å²) in [6.45, 7) is 0. The Kier molecular flexibility index (Phi) is 6.93. The highest BCUT2D eigenvalue weighted by Gasteiger charge is 2.23. The molecule has 0 saturated heterocycles. The van der Waals surface area contributed by atoms with E-state index >= 15 is 0 Å². The molecule has 2 amide bonds. The van der Waals surface area contributed by atoms with Crippen molar-refractivity contribution in [2.75, 3.05) is 19.5 Å². The number of anilines is 1. The predicted molar refractivity (Wildman–Crippen MR) is 116 cm³/mol. The number of amides is 2. The van der Waals surface area contributed by atoms with Crippen LogP contribution < -0.4 is 20.5 Å². The number of hydrogen-bond acceptors (Lipinski definition) is 5. The van der Waals surface area contributed by atoms with Crippen molar-refractivity contribution in [3.63, 3.8) is 0 Å². The third-order valence-electron chi connectivity index (χ3n) is 4.99. The van der Waals surface area contributed by atoms with Gasteiger partial charge < -0.3 is 20.5 Å². The zero-order valence-electron chi connectivity index (χ0n) is 16.7. The highest BCUT2D eigenvalue weighted by Crippen LogP contribution is 2.37. The number of carbonyl (C=O) groups is 2. The molecule has 154 valence electrons. The quantitative estimate of drug-likeness (QED) is 0.694. The van der Waals surface area contributed by atoms with Crippen LogP contribution in [0.25, 0.3) is 6.08 Å². The van der Waals surface area contributed by atoms with Crippen molar-refractivity contribution in [3.05, 3.63) is 45.8 Å². The van der Waals surface area contributed by atoms with Gasteiger partial charge in [0.05, 0.1) is 19.8 Å². The molecule has 1 aromatic carbocycles. The number of benzene rings is 1. The minimum Gasteiger partial charge on any atom is -0.493 e. The fourth-order valence-electron chi connectivity index (χ4n) is 3.55. The minimum absolute atomic E-state index is 0.309. The van der Waals surface area contributed by atoms with Gasteiger partial charge in [0.2, 0.25) is 5.91 Å². The maximum absolute atomic E-state index is 12.5. The Labute approximate surface area is 174 Å². The lowest BCUT2D eigenvalue weighted by molar-refractivity contribution is -0.111. The molecule has 0 atom stereocenters. The lowest BCUT2D eigenvalue weighted by Gasteiger charge is -2.10. The van der Waals surface area contributed by atoms with Crippen molar-refractivity contribution < 1.29 is 19.1 Å². The normalized spacial score (nSPS) is 14.0. The van der Waals surface area contributed by atoms with Gasteiger partial charge in [-0.2, -0.15) is 0 Å². The van der Waals surface area contributed by atoms with Crippen molar-refractivity contribution in [2.45, 2.75) is 38.5 Å². The van der Waals surface area contributed by atoms with Gasteiger partial charge in [-0.3, -0.25) is 9.59 Å². The van der Waals surface area contributed by atoms with Crippen molar-refractivity contribution in [2.24, 2.45) is 5.73 Å². The van der Waals surface area contributed by atoms with E-state index in [-0.39, 0.29) is 5.91 Å². The number of nitrogens with one attached hydrogen (secondary N) is 1. The van der Waals surface area contributed by atoms with Crippen molar-refractivity contribution in [1.82, 2.24) is 0 Å². The van der Waals surface area contributed by atoms with Crippen LogP contribution in [0.15, 0.2) is 24.3 Å². The van der Waals surface area contributed by atoms with Gasteiger partial charge in [-0.05, 0) is 55.0 Å². The number of thiophene rings is 1. The molecule has 0 spiro atoms. The molecule has 1 aromatic heterocycles. The van der Waals surface area contributed by atoms with E-state index < -0.39 is 5.91 Å². The summed E-state index contributed by atoms with van der Waals surface area (Å²) in [5.74, 6) is 0.416. The summed E-state index contributed by atoms with van der Waals surface area (Å²) >= 11 is 1.47. The largest absolute Gasteiger partial charge is 0.493 e. The number of hydrogen-bond donors (Lipinski definition) is 2. The number of nitrogens with two attached hydrogens (primary N) is 1. The first-order valence-corrected chi connectivity index (χ1v) is 10.5. The maximum atomic E-state index is 12.5. The molecule has 0 bridgehead atoms. The smallest absolute Gasteiger partial charge is 0.251 e. The Morgan fingerprint density at radius 1 is 1.07 bits per heavy atom. The van der Waals surface area contributed by atoms with E-state index in [2.05, 4.69) is 5.32 Å². The number of fused-ring (bicyclic) bond motifs is 1. The summed E-state index contributed by atoms with van der Waals surface area (Å²) in [6, 6.07) is 5.39. The molecule has 2 aromatic rings. The van der Waals surface area contributed by atoms with Gasteiger partial charge >= 0.3 is 0 Å². The monoisotopic (exact) mass is 414 g/mol. The van der Waals surface area contributed by atoms with Crippen molar-refractivity contribution in [1.29, 1.82) is 0 Å². The number of aryl methyl sites for hydroxylation is 1. The SMILES string of the molecule is COc1ccc(C=CC(=O)Nc2sc3c(c2C(N)=O)CCCCCC3)cc1OC. The fraction of sp³-hybridized carbons (Fsp3) is 0.364. The molecule has 1 aliphatic rings. The van der Waals surface area contributed by atoms with Gasteiger partial charge in [0.15, 0.2) is 11.5 Å². The maximum Gasteiger partial charge on any atom is 0.251 e. The number of rotatable bonds is 6. The molecule has 0 radical (unpaired) electrons. The zero-order chi connectivity index (χ0) is 20.8. The lowest BCUT2D eigenvalue weighted by Crippen LogP contribution is -2.17. The average Bonchev–Trinajstić information content (AvgIpc) is 3.02. The topological polar surface area (TPSA) is 90.6 Å². The Balaban J connectivity index is 1.79. The number of methoxy groups -OCH3 is 2. The summed E-state index contributed by atoms with van der Waals surface area (Å²) in [6.07, 6.45) is 9.37. The van der Waals surface area contributed by atoms with Gasteiger partial charge in [-0.15, -0.1) is 11.3 Å². The van der Waals surface area contributed by atoms with E-state index in [0.29, 0.717) is 22.1 Å². The van der Waals surface area contributed by atoms with Crippen molar-refractivity contribution >= 4 is 34.2 Å². The molecular weight excluding hydrogens is 388 g/mol. The van der Waals surface area contributed by atoms with Crippen LogP contribution >= 0.6 is 11.3 Å². The first kappa shape index (κ1) is 20.9. The van der Waals surface area contributed by atoms with E-state index in [1.165, 1.54) is 23.8 Å². The van der Waals surface area contributed by atoms with Gasteiger partial charge in [0, 0.05) is 11.0 Å². The van der Waals surface area contributed by atoms with Gasteiger partial charge in [0.1, 0.15) is 5.00 Å². The summed E-state index contributed by atoms with van der Waals surface area (Å²) in [5, 5.41) is 3.39. The molecule has 1 aliphatic carbocycles. The van der Waals surface area contributed by atoms with E-state index in [1.807, 2.05) is 6.07 Å². The Morgan fingerprint density at radius 2 is 1.79 bits per heavy atom. The summed E-state index contributed by atoms with van der Waals surface area (Å²) in [7, 11) is 3.13. The molecule has 7 heteroatoms. The second-order valence-corrected chi connectivity index (χ2v) is 8.03. The molecule has 6 nitrogen and oxygen atoms in total. The standard InChI is InChI=1S/C22H26N2O4S/c1-27-16-11-9-14(13-17(16)28-2)10-12-19(25)24-22-20(21(23)26)15-7-5-3-4-6-8-18(15)29-22/h9-13H,3-8H2,1-2H3,(H2,23,26)(H,24,25). The molecule has 3 N–H and O–H groups in total. The van der Waals surface area contributed by atoms with Gasteiger partial charge in [0.25, 0.3) is 5.91 Å². The van der Waals surface area contributed by atoms with Crippen LogP contribution in [-0.2, 0) is 17.6 Å². The Morgan fingerprint density at radius 3 is 2.48 bits per heavy atom. The number of primary amides is 1. The zero-order valence-corrected chi connectivity index (χ0v) is 17.6. The minimum atomic E-state index is -0.484. The fourth-order valence-corrected chi connectivity index (χ4v) is 4.85. The van der Waals surface area contributed by atoms with E-state index in [9.17, 15) is 9.59 Å². The van der Waals surface area contributed by atoms with E-state index in [1.54, 1.807) is 32.4 Å². The average molecular weight is 415 g/mol. The first-order valence-electron chi connectivity index (χ1n) is 9.69. The molecule has 0 saturated carbocycles. The summed E-state index contributed by atoms with van der Waals surface area (Å²) < 4.78 is 10.5. The number of carbonyl (C=O) groups excluding carboxylic acids is 2. The highest BCUT2D eigenvalue weighted by atomic mass is 32.1. The molecular formula is C22H26N2O4S. The molecule has 29 heavy (non-hydrogen) atoms.